The summed E-state index contributed by atoms with van der Waals surface area (Å²) in [5.41, 5.74) is 0.952. The lowest BCUT2D eigenvalue weighted by atomic mass is 10.2. The van der Waals surface area contributed by atoms with Crippen molar-refractivity contribution in [3.05, 3.63) is 34.3 Å². The number of benzene rings is 1. The third-order valence-electron chi connectivity index (χ3n) is 2.79. The van der Waals surface area contributed by atoms with Gasteiger partial charge in [-0.2, -0.15) is 0 Å². The Kier molecular flexibility index (Phi) is 4.49. The molecule has 2 aromatic rings. The van der Waals surface area contributed by atoms with E-state index in [0.717, 1.165) is 11.5 Å². The Morgan fingerprint density at radius 1 is 1.43 bits per heavy atom. The zero-order chi connectivity index (χ0) is 15.4. The zero-order valence-corrected chi connectivity index (χ0v) is 12.2. The van der Waals surface area contributed by atoms with E-state index in [4.69, 9.17) is 9.84 Å². The van der Waals surface area contributed by atoms with E-state index >= 15 is 0 Å². The lowest BCUT2D eigenvalue weighted by Gasteiger charge is -2.10. The minimum Gasteiger partial charge on any atom is -0.495 e. The number of methoxy groups -OCH3 is 1. The number of nitrogens with zero attached hydrogens (tertiary/aromatic N) is 2. The van der Waals surface area contributed by atoms with Gasteiger partial charge in [0.15, 0.2) is 0 Å². The second-order valence-corrected chi connectivity index (χ2v) is 4.83. The van der Waals surface area contributed by atoms with Crippen molar-refractivity contribution in [2.24, 2.45) is 0 Å². The second kappa shape index (κ2) is 6.31. The van der Waals surface area contributed by atoms with Crippen LogP contribution in [0.4, 0.5) is 5.69 Å². The molecule has 1 aromatic carbocycles. The van der Waals surface area contributed by atoms with Gasteiger partial charge in [0.25, 0.3) is 5.91 Å². The van der Waals surface area contributed by atoms with E-state index < -0.39 is 5.97 Å². The van der Waals surface area contributed by atoms with Gasteiger partial charge in [-0.15, -0.1) is 5.10 Å². The smallest absolute Gasteiger partial charge is 0.335 e. The van der Waals surface area contributed by atoms with Gasteiger partial charge in [-0.05, 0) is 36.2 Å². The number of carboxylic acids is 1. The van der Waals surface area contributed by atoms with Crippen molar-refractivity contribution in [1.82, 2.24) is 9.59 Å². The quantitative estimate of drug-likeness (QED) is 0.876. The molecule has 0 aliphatic rings. The molecule has 7 nitrogen and oxygen atoms in total. The van der Waals surface area contributed by atoms with Crippen molar-refractivity contribution >= 4 is 29.1 Å². The highest BCUT2D eigenvalue weighted by Crippen LogP contribution is 2.26. The predicted octanol–water partition coefficient (Wildman–Crippen LogP) is 2.06. The van der Waals surface area contributed by atoms with Crippen molar-refractivity contribution < 1.29 is 19.4 Å². The standard InChI is InChI=1S/C13H13N3O4S/c1-3-8-11(21-16-15-8)12(17)14-9-6-7(13(18)19)4-5-10(9)20-2/h4-6H,3H2,1-2H3,(H,14,17)(H,18,19). The zero-order valence-electron chi connectivity index (χ0n) is 11.4. The molecule has 0 radical (unpaired) electrons. The first-order valence-electron chi connectivity index (χ1n) is 6.10. The summed E-state index contributed by atoms with van der Waals surface area (Å²) >= 11 is 0.995. The van der Waals surface area contributed by atoms with Crippen LogP contribution in [0.25, 0.3) is 0 Å². The first kappa shape index (κ1) is 14.9. The number of carboxylic acid groups (broad SMARTS) is 1. The van der Waals surface area contributed by atoms with Crippen LogP contribution in [-0.2, 0) is 6.42 Å². The van der Waals surface area contributed by atoms with Crippen LogP contribution in [0, 0.1) is 0 Å². The Morgan fingerprint density at radius 2 is 2.19 bits per heavy atom. The molecule has 0 bridgehead atoms. The van der Waals surface area contributed by atoms with Crippen LogP contribution in [0.5, 0.6) is 5.75 Å². The average Bonchev–Trinajstić information content (AvgIpc) is 2.95. The molecule has 0 aliphatic carbocycles. The van der Waals surface area contributed by atoms with Gasteiger partial charge >= 0.3 is 5.97 Å². The normalized spacial score (nSPS) is 10.2. The van der Waals surface area contributed by atoms with Crippen molar-refractivity contribution in [3.8, 4) is 5.75 Å². The predicted molar refractivity (Wildman–Crippen MR) is 77.2 cm³/mol. The summed E-state index contributed by atoms with van der Waals surface area (Å²) in [6, 6.07) is 4.24. The summed E-state index contributed by atoms with van der Waals surface area (Å²) in [6.45, 7) is 1.87. The van der Waals surface area contributed by atoms with Gasteiger partial charge in [-0.25, -0.2) is 4.79 Å². The SMILES string of the molecule is CCc1nnsc1C(=O)Nc1cc(C(=O)O)ccc1OC. The molecule has 2 rings (SSSR count). The fraction of sp³-hybridized carbons (Fsp3) is 0.231. The van der Waals surface area contributed by atoms with Gasteiger partial charge in [0, 0.05) is 0 Å². The summed E-state index contributed by atoms with van der Waals surface area (Å²) in [5, 5.41) is 15.5. The molecule has 0 fully saturated rings. The maximum atomic E-state index is 12.2. The molecule has 0 saturated heterocycles. The number of aromatic carboxylic acids is 1. The van der Waals surface area contributed by atoms with Gasteiger partial charge in [0.2, 0.25) is 0 Å². The number of aryl methyl sites for hydroxylation is 1. The Balaban J connectivity index is 2.31. The van der Waals surface area contributed by atoms with Crippen LogP contribution in [0.1, 0.15) is 32.6 Å². The summed E-state index contributed by atoms with van der Waals surface area (Å²) in [7, 11) is 1.44. The number of rotatable bonds is 5. The van der Waals surface area contributed by atoms with E-state index in [9.17, 15) is 9.59 Å². The molecule has 8 heteroatoms. The molecule has 1 aromatic heterocycles. The van der Waals surface area contributed by atoms with Crippen LogP contribution in [-0.4, -0.2) is 33.7 Å². The maximum absolute atomic E-state index is 12.2. The Labute approximate surface area is 124 Å². The van der Waals surface area contributed by atoms with Crippen molar-refractivity contribution in [2.75, 3.05) is 12.4 Å². The monoisotopic (exact) mass is 307 g/mol. The average molecular weight is 307 g/mol. The molecule has 21 heavy (non-hydrogen) atoms. The third kappa shape index (κ3) is 3.16. The van der Waals surface area contributed by atoms with Crippen molar-refractivity contribution in [3.63, 3.8) is 0 Å². The maximum Gasteiger partial charge on any atom is 0.335 e. The molecule has 1 heterocycles. The lowest BCUT2D eigenvalue weighted by molar-refractivity contribution is 0.0696. The Morgan fingerprint density at radius 3 is 2.81 bits per heavy atom. The van der Waals surface area contributed by atoms with Crippen molar-refractivity contribution in [2.45, 2.75) is 13.3 Å². The van der Waals surface area contributed by atoms with Crippen molar-refractivity contribution in [1.29, 1.82) is 0 Å². The van der Waals surface area contributed by atoms with E-state index in [1.54, 1.807) is 0 Å². The molecule has 0 unspecified atom stereocenters. The van der Waals surface area contributed by atoms with E-state index in [-0.39, 0.29) is 17.2 Å². The first-order chi connectivity index (χ1) is 10.1. The fourth-order valence-corrected chi connectivity index (χ4v) is 2.38. The summed E-state index contributed by atoms with van der Waals surface area (Å²) in [4.78, 5) is 23.6. The van der Waals surface area contributed by atoms with Gasteiger partial charge < -0.3 is 15.2 Å². The van der Waals surface area contributed by atoms with E-state index in [2.05, 4.69) is 14.9 Å². The number of amides is 1. The van der Waals surface area contributed by atoms with Gasteiger partial charge in [-0.3, -0.25) is 4.79 Å². The molecule has 110 valence electrons. The van der Waals surface area contributed by atoms with Crippen LogP contribution in [0.15, 0.2) is 18.2 Å². The molecule has 0 spiro atoms. The van der Waals surface area contributed by atoms with Crippen LogP contribution in [0.3, 0.4) is 0 Å². The number of hydrogen-bond donors (Lipinski definition) is 2. The van der Waals surface area contributed by atoms with Gasteiger partial charge in [0.1, 0.15) is 10.6 Å². The second-order valence-electron chi connectivity index (χ2n) is 4.08. The minimum atomic E-state index is -1.08. The van der Waals surface area contributed by atoms with E-state index in [1.807, 2.05) is 6.92 Å². The molecule has 0 saturated carbocycles. The number of carbonyl (C=O) groups is 2. The highest BCUT2D eigenvalue weighted by molar-refractivity contribution is 7.08. The van der Waals surface area contributed by atoms with Crippen LogP contribution < -0.4 is 10.1 Å². The topological polar surface area (TPSA) is 101 Å². The van der Waals surface area contributed by atoms with Crippen LogP contribution in [0.2, 0.25) is 0 Å². The number of nitrogens with one attached hydrogen (secondary N) is 1. The van der Waals surface area contributed by atoms with Gasteiger partial charge in [0.05, 0.1) is 24.1 Å². The number of ether oxygens (including phenoxy) is 1. The molecule has 0 atom stereocenters. The summed E-state index contributed by atoms with van der Waals surface area (Å²) in [5.74, 6) is -1.09. The molecular weight excluding hydrogens is 294 g/mol. The largest absolute Gasteiger partial charge is 0.495 e. The highest BCUT2D eigenvalue weighted by Gasteiger charge is 2.17. The Bertz CT molecular complexity index is 684. The summed E-state index contributed by atoms with van der Waals surface area (Å²) < 4.78 is 8.87. The molecule has 1 amide bonds. The van der Waals surface area contributed by atoms with Gasteiger partial charge in [-0.1, -0.05) is 11.4 Å². The third-order valence-corrected chi connectivity index (χ3v) is 3.56. The lowest BCUT2D eigenvalue weighted by Crippen LogP contribution is -2.13. The molecule has 0 aliphatic heterocycles. The summed E-state index contributed by atoms with van der Waals surface area (Å²) in [6.07, 6.45) is 0.589. The van der Waals surface area contributed by atoms with Crippen LogP contribution >= 0.6 is 11.5 Å². The number of hydrogen-bond acceptors (Lipinski definition) is 6. The number of aromatic nitrogens is 2. The Hall–Kier alpha value is -2.48. The minimum absolute atomic E-state index is 0.0595. The molecular formula is C13H13N3O4S. The number of anilines is 1. The van der Waals surface area contributed by atoms with E-state index in [0.29, 0.717) is 22.7 Å². The first-order valence-corrected chi connectivity index (χ1v) is 6.88. The number of carbonyl (C=O) groups excluding carboxylic acids is 1. The molecule has 2 N–H and O–H groups in total. The fourth-order valence-electron chi connectivity index (χ4n) is 1.73. The van der Waals surface area contributed by atoms with E-state index in [1.165, 1.54) is 25.3 Å². The highest BCUT2D eigenvalue weighted by atomic mass is 32.1.